The molecule has 8 heteroatoms. The van der Waals surface area contributed by atoms with Crippen molar-refractivity contribution < 1.29 is 13.5 Å². The smallest absolute Gasteiger partial charge is 0.387 e. The number of nitrogens with zero attached hydrogens (tertiary/aromatic N) is 4. The number of pyridine rings is 1. The van der Waals surface area contributed by atoms with E-state index in [4.69, 9.17) is 16.3 Å². The van der Waals surface area contributed by atoms with Gasteiger partial charge in [-0.1, -0.05) is 25.1 Å². The minimum absolute atomic E-state index is 0.160. The molecule has 4 rings (SSSR count). The molecule has 0 bridgehead atoms. The molecule has 1 atom stereocenters. The van der Waals surface area contributed by atoms with E-state index in [1.807, 2.05) is 43.5 Å². The lowest BCUT2D eigenvalue weighted by molar-refractivity contribution is -0.0505. The van der Waals surface area contributed by atoms with Crippen molar-refractivity contribution in [3.8, 4) is 16.9 Å². The topological polar surface area (TPSA) is 52.3 Å². The molecule has 0 fully saturated rings. The van der Waals surface area contributed by atoms with Crippen LogP contribution in [-0.2, 0) is 0 Å². The summed E-state index contributed by atoms with van der Waals surface area (Å²) in [7, 11) is 0. The SMILES string of the molecule is Cc1cc2nc(C)c(C(C)c3ccccc3OC(F)F)n2cc1-c1cnc(Cl)nc1. The number of para-hydroxylation sites is 1. The van der Waals surface area contributed by atoms with Crippen molar-refractivity contribution in [2.24, 2.45) is 0 Å². The fourth-order valence-corrected chi connectivity index (χ4v) is 3.88. The molecule has 1 aromatic carbocycles. The Balaban J connectivity index is 1.86. The quantitative estimate of drug-likeness (QED) is 0.376. The number of rotatable bonds is 5. The Morgan fingerprint density at radius 1 is 1.10 bits per heavy atom. The van der Waals surface area contributed by atoms with E-state index in [1.54, 1.807) is 30.6 Å². The summed E-state index contributed by atoms with van der Waals surface area (Å²) in [6.07, 6.45) is 5.31. The maximum absolute atomic E-state index is 12.9. The summed E-state index contributed by atoms with van der Waals surface area (Å²) in [5.41, 5.74) is 5.92. The third-order valence-corrected chi connectivity index (χ3v) is 5.33. The van der Waals surface area contributed by atoms with Gasteiger partial charge in [-0.25, -0.2) is 15.0 Å². The minimum atomic E-state index is -2.89. The number of fused-ring (bicyclic) bond motifs is 1. The predicted octanol–water partition coefficient (Wildman–Crippen LogP) is 5.81. The van der Waals surface area contributed by atoms with E-state index >= 15 is 0 Å². The van der Waals surface area contributed by atoms with Crippen molar-refractivity contribution in [3.05, 3.63) is 76.7 Å². The van der Waals surface area contributed by atoms with Crippen LogP contribution in [0.15, 0.2) is 48.9 Å². The lowest BCUT2D eigenvalue weighted by atomic mass is 9.95. The van der Waals surface area contributed by atoms with Crippen LogP contribution in [0.3, 0.4) is 0 Å². The molecule has 3 aromatic heterocycles. The summed E-state index contributed by atoms with van der Waals surface area (Å²) in [6, 6.07) is 8.82. The van der Waals surface area contributed by atoms with Crippen LogP contribution in [0, 0.1) is 13.8 Å². The fraction of sp³-hybridized carbons (Fsp3) is 0.227. The number of benzene rings is 1. The highest BCUT2D eigenvalue weighted by molar-refractivity contribution is 6.28. The molecule has 154 valence electrons. The number of aryl methyl sites for hydroxylation is 2. The average molecular weight is 429 g/mol. The molecule has 3 heterocycles. The van der Waals surface area contributed by atoms with Crippen molar-refractivity contribution >= 4 is 17.2 Å². The standard InChI is InChI=1S/C22H19ClF2N4O/c1-12-8-19-28-14(3)20(13(2)16-6-4-5-7-18(16)30-22(24)25)29(19)11-17(12)15-9-26-21(23)27-10-15/h4-11,13,22H,1-3H3. The number of imidazole rings is 1. The summed E-state index contributed by atoms with van der Waals surface area (Å²) >= 11 is 5.82. The van der Waals surface area contributed by atoms with Gasteiger partial charge in [-0.2, -0.15) is 8.78 Å². The third kappa shape index (κ3) is 3.73. The van der Waals surface area contributed by atoms with E-state index in [1.165, 1.54) is 0 Å². The van der Waals surface area contributed by atoms with Crippen LogP contribution >= 0.6 is 11.6 Å². The number of hydrogen-bond donors (Lipinski definition) is 0. The molecule has 0 aliphatic heterocycles. The molecule has 0 spiro atoms. The van der Waals surface area contributed by atoms with E-state index in [0.717, 1.165) is 33.7 Å². The second-order valence-electron chi connectivity index (χ2n) is 7.06. The molecular weight excluding hydrogens is 410 g/mol. The molecule has 0 saturated carbocycles. The highest BCUT2D eigenvalue weighted by Gasteiger charge is 2.22. The van der Waals surface area contributed by atoms with Gasteiger partial charge in [0, 0.05) is 41.2 Å². The van der Waals surface area contributed by atoms with Crippen LogP contribution in [-0.4, -0.2) is 26.0 Å². The van der Waals surface area contributed by atoms with Gasteiger partial charge in [0.15, 0.2) is 0 Å². The summed E-state index contributed by atoms with van der Waals surface area (Å²) in [6.45, 7) is 2.97. The van der Waals surface area contributed by atoms with Gasteiger partial charge in [0.1, 0.15) is 11.4 Å². The van der Waals surface area contributed by atoms with Gasteiger partial charge in [-0.3, -0.25) is 0 Å². The highest BCUT2D eigenvalue weighted by atomic mass is 35.5. The maximum atomic E-state index is 12.9. The number of halogens is 3. The number of ether oxygens (including phenoxy) is 1. The van der Waals surface area contributed by atoms with Crippen molar-refractivity contribution in [2.75, 3.05) is 0 Å². The molecular formula is C22H19ClF2N4O. The molecule has 30 heavy (non-hydrogen) atoms. The molecule has 0 amide bonds. The Labute approximate surface area is 177 Å². The van der Waals surface area contributed by atoms with Gasteiger partial charge >= 0.3 is 6.61 Å². The van der Waals surface area contributed by atoms with Gasteiger partial charge < -0.3 is 9.14 Å². The molecule has 5 nitrogen and oxygen atoms in total. The van der Waals surface area contributed by atoms with Crippen molar-refractivity contribution in [3.63, 3.8) is 0 Å². The Hall–Kier alpha value is -3.06. The van der Waals surface area contributed by atoms with Crippen molar-refractivity contribution in [2.45, 2.75) is 33.3 Å². The lowest BCUT2D eigenvalue weighted by Gasteiger charge is -2.18. The second-order valence-corrected chi connectivity index (χ2v) is 7.40. The summed E-state index contributed by atoms with van der Waals surface area (Å²) in [5.74, 6) is -0.0697. The van der Waals surface area contributed by atoms with Crippen LogP contribution in [0.5, 0.6) is 5.75 Å². The maximum Gasteiger partial charge on any atom is 0.387 e. The average Bonchev–Trinajstić information content (AvgIpc) is 3.02. The second kappa shape index (κ2) is 7.99. The predicted molar refractivity (Wildman–Crippen MR) is 111 cm³/mol. The molecule has 0 aliphatic carbocycles. The van der Waals surface area contributed by atoms with E-state index < -0.39 is 6.61 Å². The normalized spacial score (nSPS) is 12.5. The molecule has 4 aromatic rings. The Morgan fingerprint density at radius 2 is 1.80 bits per heavy atom. The van der Waals surface area contributed by atoms with Crippen LogP contribution in [0.25, 0.3) is 16.8 Å². The number of aromatic nitrogens is 4. The molecule has 0 radical (unpaired) electrons. The largest absolute Gasteiger partial charge is 0.435 e. The Kier molecular flexibility index (Phi) is 5.39. The van der Waals surface area contributed by atoms with Crippen LogP contribution in [0.1, 0.15) is 35.4 Å². The first-order chi connectivity index (χ1) is 14.3. The summed E-state index contributed by atoms with van der Waals surface area (Å²) in [5, 5.41) is 0.181. The van der Waals surface area contributed by atoms with Gasteiger partial charge in [-0.05, 0) is 43.1 Å². The van der Waals surface area contributed by atoms with Crippen LogP contribution in [0.2, 0.25) is 5.28 Å². The fourth-order valence-electron chi connectivity index (χ4n) is 3.78. The van der Waals surface area contributed by atoms with Crippen LogP contribution < -0.4 is 4.74 Å². The lowest BCUT2D eigenvalue weighted by Crippen LogP contribution is -2.08. The van der Waals surface area contributed by atoms with E-state index in [9.17, 15) is 8.78 Å². The van der Waals surface area contributed by atoms with Crippen molar-refractivity contribution in [1.82, 2.24) is 19.4 Å². The molecule has 0 aliphatic rings. The van der Waals surface area contributed by atoms with E-state index in [0.29, 0.717) is 5.56 Å². The van der Waals surface area contributed by atoms with E-state index in [-0.39, 0.29) is 17.0 Å². The first kappa shape index (κ1) is 20.2. The third-order valence-electron chi connectivity index (χ3n) is 5.13. The van der Waals surface area contributed by atoms with Gasteiger partial charge in [-0.15, -0.1) is 0 Å². The highest BCUT2D eigenvalue weighted by Crippen LogP contribution is 2.35. The summed E-state index contributed by atoms with van der Waals surface area (Å²) in [4.78, 5) is 12.8. The van der Waals surface area contributed by atoms with Gasteiger partial charge in [0.05, 0.1) is 11.4 Å². The monoisotopic (exact) mass is 428 g/mol. The zero-order valence-electron chi connectivity index (χ0n) is 16.6. The molecule has 0 N–H and O–H groups in total. The number of hydrogen-bond acceptors (Lipinski definition) is 4. The van der Waals surface area contributed by atoms with Crippen molar-refractivity contribution in [1.29, 1.82) is 0 Å². The first-order valence-corrected chi connectivity index (χ1v) is 9.73. The Morgan fingerprint density at radius 3 is 2.50 bits per heavy atom. The minimum Gasteiger partial charge on any atom is -0.435 e. The Bertz CT molecular complexity index is 1210. The first-order valence-electron chi connectivity index (χ1n) is 9.36. The van der Waals surface area contributed by atoms with Gasteiger partial charge in [0.2, 0.25) is 5.28 Å². The number of alkyl halides is 2. The summed E-state index contributed by atoms with van der Waals surface area (Å²) < 4.78 is 32.5. The zero-order valence-corrected chi connectivity index (χ0v) is 17.4. The van der Waals surface area contributed by atoms with Crippen LogP contribution in [0.4, 0.5) is 8.78 Å². The zero-order chi connectivity index (χ0) is 21.4. The van der Waals surface area contributed by atoms with E-state index in [2.05, 4.69) is 15.0 Å². The molecule has 1 unspecified atom stereocenters. The molecule has 0 saturated heterocycles. The van der Waals surface area contributed by atoms with Gasteiger partial charge in [0.25, 0.3) is 0 Å².